The van der Waals surface area contributed by atoms with Crippen LogP contribution in [0.2, 0.25) is 5.02 Å². The second kappa shape index (κ2) is 12.1. The number of fused-ring (bicyclic) bond motifs is 1. The van der Waals surface area contributed by atoms with Crippen molar-refractivity contribution in [1.29, 1.82) is 0 Å². The molecule has 0 saturated heterocycles. The first-order valence-corrected chi connectivity index (χ1v) is 14.6. The third-order valence-electron chi connectivity index (χ3n) is 5.78. The molecule has 3 aromatic carbocycles. The summed E-state index contributed by atoms with van der Waals surface area (Å²) < 4.78 is 27.6. The number of halogens is 2. The summed E-state index contributed by atoms with van der Waals surface area (Å²) in [5.74, 6) is 1.89. The van der Waals surface area contributed by atoms with Gasteiger partial charge in [-0.05, 0) is 73.3 Å². The van der Waals surface area contributed by atoms with E-state index in [1.165, 1.54) is 23.5 Å². The van der Waals surface area contributed by atoms with Crippen molar-refractivity contribution in [2.75, 3.05) is 30.5 Å². The predicted molar refractivity (Wildman–Crippen MR) is 156 cm³/mol. The van der Waals surface area contributed by atoms with Crippen LogP contribution < -0.4 is 19.6 Å². The van der Waals surface area contributed by atoms with Gasteiger partial charge in [-0.3, -0.25) is 9.79 Å². The maximum atomic E-state index is 14.3. The van der Waals surface area contributed by atoms with E-state index in [-0.39, 0.29) is 12.5 Å². The second-order valence-electron chi connectivity index (χ2n) is 8.58. The van der Waals surface area contributed by atoms with Crippen LogP contribution in [0, 0.1) is 12.7 Å². The Morgan fingerprint density at radius 1 is 1.21 bits per heavy atom. The fraction of sp³-hybridized carbons (Fsp3) is 0.179. The minimum atomic E-state index is -0.414. The third-order valence-corrected chi connectivity index (χ3v) is 7.46. The molecular formula is C28H24ClFN4O3S2. The van der Waals surface area contributed by atoms with E-state index >= 15 is 0 Å². The first-order valence-electron chi connectivity index (χ1n) is 12.0. The molecule has 0 fully saturated rings. The molecule has 4 aromatic rings. The summed E-state index contributed by atoms with van der Waals surface area (Å²) in [5, 5.41) is 10.1. The van der Waals surface area contributed by atoms with Crippen LogP contribution in [0.25, 0.3) is 11.3 Å². The molecule has 0 radical (unpaired) electrons. The lowest BCUT2D eigenvalue weighted by atomic mass is 10.1. The SMILES string of the molecule is CSCCN=c1scc(-c2ccc3c(c2)NC(=O)CO3)n1/N=C/c1cc(F)ccc1Oc1ccc(Cl)cc1C. The minimum absolute atomic E-state index is 0.0128. The highest BCUT2D eigenvalue weighted by molar-refractivity contribution is 7.98. The highest BCUT2D eigenvalue weighted by atomic mass is 35.5. The molecule has 0 saturated carbocycles. The Labute approximate surface area is 238 Å². The number of hydrogen-bond donors (Lipinski definition) is 1. The van der Waals surface area contributed by atoms with E-state index in [0.717, 1.165) is 22.6 Å². The van der Waals surface area contributed by atoms with E-state index in [4.69, 9.17) is 31.2 Å². The molecule has 5 rings (SSSR count). The van der Waals surface area contributed by atoms with E-state index in [0.29, 0.717) is 44.9 Å². The van der Waals surface area contributed by atoms with E-state index < -0.39 is 5.82 Å². The number of rotatable bonds is 8. The molecule has 1 aliphatic heterocycles. The molecule has 1 N–H and O–H groups in total. The standard InChI is InChI=1S/C28H24ClFN4O3S2/c1-17-11-20(29)4-7-24(17)37-25-8-5-21(30)12-19(25)14-32-34-23(16-39-28(34)31-9-10-38-2)18-3-6-26-22(13-18)33-27(35)15-36-26/h3-8,11-14,16H,9-10,15H2,1-2H3,(H,33,35)/b31-28?,32-14+. The van der Waals surface area contributed by atoms with E-state index in [2.05, 4.69) is 5.32 Å². The Bertz CT molecular complexity index is 1630. The van der Waals surface area contributed by atoms with Crippen molar-refractivity contribution in [2.24, 2.45) is 10.1 Å². The summed E-state index contributed by atoms with van der Waals surface area (Å²) in [6.45, 7) is 2.50. The number of anilines is 1. The lowest BCUT2D eigenvalue weighted by molar-refractivity contribution is -0.118. The van der Waals surface area contributed by atoms with Gasteiger partial charge in [-0.15, -0.1) is 11.3 Å². The van der Waals surface area contributed by atoms with Gasteiger partial charge in [-0.2, -0.15) is 16.9 Å². The number of benzene rings is 3. The van der Waals surface area contributed by atoms with Crippen LogP contribution in [0.15, 0.2) is 70.1 Å². The Morgan fingerprint density at radius 3 is 2.87 bits per heavy atom. The van der Waals surface area contributed by atoms with Crippen LogP contribution >= 0.6 is 34.7 Å². The molecule has 11 heteroatoms. The summed E-state index contributed by atoms with van der Waals surface area (Å²) in [7, 11) is 0. The molecule has 1 amide bonds. The predicted octanol–water partition coefficient (Wildman–Crippen LogP) is 6.59. The maximum Gasteiger partial charge on any atom is 0.262 e. The van der Waals surface area contributed by atoms with Gasteiger partial charge in [0.15, 0.2) is 6.61 Å². The molecule has 1 aliphatic rings. The number of ether oxygens (including phenoxy) is 2. The molecule has 0 bridgehead atoms. The van der Waals surface area contributed by atoms with Gasteiger partial charge in [0.05, 0.1) is 24.1 Å². The zero-order chi connectivity index (χ0) is 27.4. The van der Waals surface area contributed by atoms with Crippen molar-refractivity contribution in [2.45, 2.75) is 6.92 Å². The van der Waals surface area contributed by atoms with E-state index in [1.54, 1.807) is 46.9 Å². The van der Waals surface area contributed by atoms with Crippen molar-refractivity contribution >= 4 is 52.5 Å². The number of nitrogens with one attached hydrogen (secondary N) is 1. The summed E-state index contributed by atoms with van der Waals surface area (Å²) in [5.41, 5.74) is 3.46. The first-order chi connectivity index (χ1) is 18.9. The fourth-order valence-electron chi connectivity index (χ4n) is 3.87. The Morgan fingerprint density at radius 2 is 2.05 bits per heavy atom. The van der Waals surface area contributed by atoms with E-state index in [1.807, 2.05) is 36.8 Å². The van der Waals surface area contributed by atoms with Crippen LogP contribution in [0.1, 0.15) is 11.1 Å². The average Bonchev–Trinajstić information content (AvgIpc) is 3.32. The number of amides is 1. The Hall–Kier alpha value is -3.60. The highest BCUT2D eigenvalue weighted by Crippen LogP contribution is 2.33. The summed E-state index contributed by atoms with van der Waals surface area (Å²) in [4.78, 5) is 17.2. The van der Waals surface area contributed by atoms with Crippen molar-refractivity contribution in [3.8, 4) is 28.5 Å². The molecule has 0 unspecified atom stereocenters. The fourth-order valence-corrected chi connectivity index (χ4v) is 5.24. The van der Waals surface area contributed by atoms with Crippen molar-refractivity contribution in [1.82, 2.24) is 4.68 Å². The van der Waals surface area contributed by atoms with E-state index in [9.17, 15) is 9.18 Å². The Balaban J connectivity index is 1.55. The van der Waals surface area contributed by atoms with Gasteiger partial charge in [0.1, 0.15) is 23.1 Å². The molecule has 200 valence electrons. The van der Waals surface area contributed by atoms with Gasteiger partial charge in [0, 0.05) is 27.3 Å². The molecule has 0 atom stereocenters. The van der Waals surface area contributed by atoms with Crippen molar-refractivity contribution in [3.05, 3.63) is 86.7 Å². The van der Waals surface area contributed by atoms with Gasteiger partial charge in [-0.1, -0.05) is 11.6 Å². The number of hydrogen-bond acceptors (Lipinski definition) is 7. The maximum absolute atomic E-state index is 14.3. The minimum Gasteiger partial charge on any atom is -0.482 e. The number of nitrogens with zero attached hydrogens (tertiary/aromatic N) is 3. The smallest absolute Gasteiger partial charge is 0.262 e. The number of thioether (sulfide) groups is 1. The largest absolute Gasteiger partial charge is 0.482 e. The topological polar surface area (TPSA) is 77.2 Å². The van der Waals surface area contributed by atoms with Crippen LogP contribution in [-0.2, 0) is 4.79 Å². The van der Waals surface area contributed by atoms with Crippen LogP contribution in [0.3, 0.4) is 0 Å². The molecular weight excluding hydrogens is 559 g/mol. The van der Waals surface area contributed by atoms with Gasteiger partial charge < -0.3 is 14.8 Å². The van der Waals surface area contributed by atoms with Gasteiger partial charge in [-0.25, -0.2) is 9.07 Å². The van der Waals surface area contributed by atoms with Gasteiger partial charge >= 0.3 is 0 Å². The molecule has 7 nitrogen and oxygen atoms in total. The lowest BCUT2D eigenvalue weighted by Crippen LogP contribution is -2.25. The highest BCUT2D eigenvalue weighted by Gasteiger charge is 2.18. The number of aromatic nitrogens is 1. The summed E-state index contributed by atoms with van der Waals surface area (Å²) in [6, 6.07) is 15.1. The zero-order valence-electron chi connectivity index (χ0n) is 21.1. The van der Waals surface area contributed by atoms with Crippen molar-refractivity contribution < 1.29 is 18.7 Å². The molecule has 0 spiro atoms. The molecule has 1 aromatic heterocycles. The van der Waals surface area contributed by atoms with Crippen LogP contribution in [-0.4, -0.2) is 42.0 Å². The average molecular weight is 583 g/mol. The monoisotopic (exact) mass is 582 g/mol. The van der Waals surface area contributed by atoms with Crippen LogP contribution in [0.4, 0.5) is 10.1 Å². The normalized spacial score (nSPS) is 13.3. The second-order valence-corrected chi connectivity index (χ2v) is 10.8. The molecule has 39 heavy (non-hydrogen) atoms. The first kappa shape index (κ1) is 27.0. The summed E-state index contributed by atoms with van der Waals surface area (Å²) >= 11 is 9.23. The number of thiazole rings is 1. The molecule has 0 aliphatic carbocycles. The number of carbonyl (C=O) groups is 1. The third kappa shape index (κ3) is 6.35. The van der Waals surface area contributed by atoms with Gasteiger partial charge in [0.2, 0.25) is 4.80 Å². The van der Waals surface area contributed by atoms with Gasteiger partial charge in [0.25, 0.3) is 5.91 Å². The molecule has 2 heterocycles. The zero-order valence-corrected chi connectivity index (χ0v) is 23.5. The quantitative estimate of drug-likeness (QED) is 0.188. The van der Waals surface area contributed by atoms with Crippen molar-refractivity contribution in [3.63, 3.8) is 0 Å². The van der Waals surface area contributed by atoms with Crippen LogP contribution in [0.5, 0.6) is 17.2 Å². The lowest BCUT2D eigenvalue weighted by Gasteiger charge is -2.18. The summed E-state index contributed by atoms with van der Waals surface area (Å²) in [6.07, 6.45) is 3.58. The Kier molecular flexibility index (Phi) is 8.35. The number of aryl methyl sites for hydroxylation is 1. The number of carbonyl (C=O) groups excluding carboxylic acids is 1.